The predicted molar refractivity (Wildman–Crippen MR) is 159 cm³/mol. The summed E-state index contributed by atoms with van der Waals surface area (Å²) in [5, 5.41) is 25.3. The number of aromatic nitrogens is 2. The third kappa shape index (κ3) is 10.8. The molecule has 9 N–H and O–H groups in total. The molecule has 0 aliphatic rings. The summed E-state index contributed by atoms with van der Waals surface area (Å²) in [7, 11) is 0. The number of primary amides is 1. The summed E-state index contributed by atoms with van der Waals surface area (Å²) in [6, 6.07) is 18.7. The van der Waals surface area contributed by atoms with E-state index in [9.17, 15) is 35.5 Å². The van der Waals surface area contributed by atoms with Crippen molar-refractivity contribution >= 4 is 29.4 Å². The highest BCUT2D eigenvalue weighted by atomic mass is 19.4. The van der Waals surface area contributed by atoms with Gasteiger partial charge in [0.15, 0.2) is 0 Å². The number of benzene rings is 3. The van der Waals surface area contributed by atoms with Crippen LogP contribution in [0, 0.1) is 11.2 Å². The number of carboxylic acid groups (broad SMARTS) is 2. The number of aryl methyl sites for hydroxylation is 1. The van der Waals surface area contributed by atoms with Crippen LogP contribution in [-0.4, -0.2) is 56.2 Å². The number of aromatic amines is 1. The number of alkyl halides is 6. The summed E-state index contributed by atoms with van der Waals surface area (Å²) in [5.41, 5.74) is 15.5. The number of anilines is 1. The highest BCUT2D eigenvalue weighted by Gasteiger charge is 2.38. The quantitative estimate of drug-likeness (QED) is 0.0701. The van der Waals surface area contributed by atoms with Crippen molar-refractivity contribution < 1.29 is 55.3 Å². The van der Waals surface area contributed by atoms with Gasteiger partial charge in [-0.1, -0.05) is 37.3 Å². The number of hydrogen-bond acceptors (Lipinski definition) is 6. The minimum Gasteiger partial charge on any atom is -0.475 e. The van der Waals surface area contributed by atoms with Gasteiger partial charge in [0, 0.05) is 28.6 Å². The molecule has 1 amide bonds. The molecular weight excluding hydrogens is 657 g/mol. The van der Waals surface area contributed by atoms with Crippen LogP contribution < -0.4 is 16.8 Å². The second kappa shape index (κ2) is 16.1. The van der Waals surface area contributed by atoms with Gasteiger partial charge in [-0.3, -0.25) is 10.2 Å². The second-order valence-corrected chi connectivity index (χ2v) is 9.46. The van der Waals surface area contributed by atoms with Crippen molar-refractivity contribution in [1.82, 2.24) is 9.97 Å². The number of amidine groups is 1. The standard InChI is InChI=1S/C26H25FN6O.2C2HF3O2/c1-2-15-13-17(9-12-21(15)27)23(32-18-10-7-16(8-11-18)24(28)29)26-31-14-22(33-26)19-5-3-4-6-20(19)25(30)34;2*3-2(4,5)1(6)7/h3-14,23,32H,2H2,1H3,(H3,28,29)(H2,30,34)(H,31,33);2*(H,6,7). The summed E-state index contributed by atoms with van der Waals surface area (Å²) in [6.07, 6.45) is -7.90. The number of nitrogens with zero attached hydrogens (tertiary/aromatic N) is 1. The monoisotopic (exact) mass is 684 g/mol. The number of carboxylic acids is 2. The molecular formula is C30H27F7N6O5. The maximum atomic E-state index is 14.2. The molecule has 0 aliphatic heterocycles. The zero-order chi connectivity index (χ0) is 36.4. The first-order valence-electron chi connectivity index (χ1n) is 13.3. The Kier molecular flexibility index (Phi) is 12.8. The average molecular weight is 685 g/mol. The Bertz CT molecular complexity index is 1730. The lowest BCUT2D eigenvalue weighted by Crippen LogP contribution is -2.21. The topological polar surface area (TPSA) is 208 Å². The molecule has 0 aliphatic carbocycles. The van der Waals surface area contributed by atoms with E-state index in [4.69, 9.17) is 41.7 Å². The van der Waals surface area contributed by atoms with Crippen molar-refractivity contribution in [3.63, 3.8) is 0 Å². The Labute approximate surface area is 266 Å². The van der Waals surface area contributed by atoms with Gasteiger partial charge in [0.1, 0.15) is 23.5 Å². The lowest BCUT2D eigenvalue weighted by atomic mass is 10.0. The number of halogens is 7. The van der Waals surface area contributed by atoms with Crippen molar-refractivity contribution in [2.45, 2.75) is 31.7 Å². The number of nitrogen functional groups attached to an aromatic ring is 1. The second-order valence-electron chi connectivity index (χ2n) is 9.46. The minimum absolute atomic E-state index is 0.0157. The summed E-state index contributed by atoms with van der Waals surface area (Å²) in [4.78, 5) is 37.6. The normalized spacial score (nSPS) is 11.6. The fourth-order valence-electron chi connectivity index (χ4n) is 3.81. The molecule has 48 heavy (non-hydrogen) atoms. The third-order valence-corrected chi connectivity index (χ3v) is 6.12. The van der Waals surface area contributed by atoms with Gasteiger partial charge in [-0.25, -0.2) is 19.0 Å². The molecule has 4 aromatic rings. The molecule has 3 aromatic carbocycles. The van der Waals surface area contributed by atoms with E-state index < -0.39 is 36.2 Å². The lowest BCUT2D eigenvalue weighted by molar-refractivity contribution is -0.193. The van der Waals surface area contributed by atoms with Crippen molar-refractivity contribution in [3.05, 3.63) is 107 Å². The maximum absolute atomic E-state index is 14.2. The Balaban J connectivity index is 0.000000479. The fraction of sp³-hybridized carbons (Fsp3) is 0.167. The smallest absolute Gasteiger partial charge is 0.475 e. The molecule has 1 heterocycles. The van der Waals surface area contributed by atoms with Gasteiger partial charge in [0.05, 0.1) is 5.69 Å². The molecule has 11 nitrogen and oxygen atoms in total. The molecule has 0 fully saturated rings. The molecule has 18 heteroatoms. The van der Waals surface area contributed by atoms with E-state index in [1.54, 1.807) is 42.6 Å². The number of rotatable bonds is 8. The van der Waals surface area contributed by atoms with Gasteiger partial charge in [-0.2, -0.15) is 26.3 Å². The Morgan fingerprint density at radius 3 is 1.94 bits per heavy atom. The average Bonchev–Trinajstić information content (AvgIpc) is 3.50. The molecule has 1 aromatic heterocycles. The molecule has 1 atom stereocenters. The van der Waals surface area contributed by atoms with Crippen molar-refractivity contribution in [2.24, 2.45) is 11.5 Å². The van der Waals surface area contributed by atoms with Gasteiger partial charge in [0.2, 0.25) is 5.91 Å². The lowest BCUT2D eigenvalue weighted by Gasteiger charge is -2.20. The maximum Gasteiger partial charge on any atom is 0.490 e. The van der Waals surface area contributed by atoms with Crippen LogP contribution in [0.15, 0.2) is 72.9 Å². The van der Waals surface area contributed by atoms with E-state index in [2.05, 4.69) is 10.3 Å². The molecule has 0 spiro atoms. The molecule has 0 saturated heterocycles. The number of H-pyrrole nitrogens is 1. The number of carbonyl (C=O) groups is 3. The number of hydrogen-bond donors (Lipinski definition) is 7. The van der Waals surface area contributed by atoms with Crippen molar-refractivity contribution in [2.75, 3.05) is 5.32 Å². The van der Waals surface area contributed by atoms with Crippen LogP contribution >= 0.6 is 0 Å². The number of amides is 1. The number of aliphatic carboxylic acids is 2. The number of nitrogens with one attached hydrogen (secondary N) is 3. The minimum atomic E-state index is -5.08. The van der Waals surface area contributed by atoms with E-state index in [-0.39, 0.29) is 11.7 Å². The van der Waals surface area contributed by atoms with Crippen LogP contribution in [0.2, 0.25) is 0 Å². The summed E-state index contributed by atoms with van der Waals surface area (Å²) < 4.78 is 77.7. The number of carbonyl (C=O) groups excluding carboxylic acids is 1. The van der Waals surface area contributed by atoms with Gasteiger partial charge in [0.25, 0.3) is 0 Å². The van der Waals surface area contributed by atoms with E-state index in [1.807, 2.05) is 31.2 Å². The fourth-order valence-corrected chi connectivity index (χ4v) is 3.81. The zero-order valence-corrected chi connectivity index (χ0v) is 24.6. The third-order valence-electron chi connectivity index (χ3n) is 6.12. The van der Waals surface area contributed by atoms with Crippen LogP contribution in [0.5, 0.6) is 0 Å². The molecule has 0 bridgehead atoms. The van der Waals surface area contributed by atoms with Gasteiger partial charge < -0.3 is 32.0 Å². The van der Waals surface area contributed by atoms with E-state index in [0.29, 0.717) is 40.2 Å². The molecule has 0 saturated carbocycles. The van der Waals surface area contributed by atoms with Crippen LogP contribution in [0.3, 0.4) is 0 Å². The SMILES string of the molecule is CCc1cc(C(Nc2ccc(C(=N)N)cc2)c2nc(-c3ccccc3C(N)=O)c[nH]2)ccc1F.O=C(O)C(F)(F)F.O=C(O)C(F)(F)F. The van der Waals surface area contributed by atoms with Gasteiger partial charge >= 0.3 is 24.3 Å². The molecule has 0 radical (unpaired) electrons. The largest absolute Gasteiger partial charge is 0.490 e. The Morgan fingerprint density at radius 1 is 0.917 bits per heavy atom. The zero-order valence-electron chi connectivity index (χ0n) is 24.6. The Morgan fingerprint density at radius 2 is 1.46 bits per heavy atom. The molecule has 1 unspecified atom stereocenters. The highest BCUT2D eigenvalue weighted by molar-refractivity contribution is 5.99. The van der Waals surface area contributed by atoms with Gasteiger partial charge in [-0.15, -0.1) is 0 Å². The van der Waals surface area contributed by atoms with Crippen molar-refractivity contribution in [1.29, 1.82) is 5.41 Å². The first kappa shape index (κ1) is 38.2. The first-order valence-corrected chi connectivity index (χ1v) is 13.3. The van der Waals surface area contributed by atoms with Crippen molar-refractivity contribution in [3.8, 4) is 11.3 Å². The summed E-state index contributed by atoms with van der Waals surface area (Å²) in [5.74, 6) is -5.74. The van der Waals surface area contributed by atoms with Crippen LogP contribution in [-0.2, 0) is 16.0 Å². The van der Waals surface area contributed by atoms with Gasteiger partial charge in [-0.05, 0) is 53.9 Å². The van der Waals surface area contributed by atoms with E-state index in [1.165, 1.54) is 6.07 Å². The van der Waals surface area contributed by atoms with Crippen LogP contribution in [0.4, 0.5) is 36.4 Å². The predicted octanol–water partition coefficient (Wildman–Crippen LogP) is 5.63. The Hall–Kier alpha value is -5.94. The molecule has 256 valence electrons. The number of imidazole rings is 1. The van der Waals surface area contributed by atoms with Crippen LogP contribution in [0.25, 0.3) is 11.3 Å². The summed E-state index contributed by atoms with van der Waals surface area (Å²) >= 11 is 0. The summed E-state index contributed by atoms with van der Waals surface area (Å²) in [6.45, 7) is 1.90. The van der Waals surface area contributed by atoms with Crippen LogP contribution in [0.1, 0.15) is 45.8 Å². The molecule has 4 rings (SSSR count). The van der Waals surface area contributed by atoms with E-state index >= 15 is 0 Å². The van der Waals surface area contributed by atoms with E-state index in [0.717, 1.165) is 11.3 Å². The first-order chi connectivity index (χ1) is 22.3. The highest BCUT2D eigenvalue weighted by Crippen LogP contribution is 2.30. The number of nitrogens with two attached hydrogens (primary N) is 2.